The molecule has 4 aromatic heterocycles. The third-order valence-electron chi connectivity index (χ3n) is 2.98. The largest absolute Gasteiger partial charge is 0.400 e. The lowest BCUT2D eigenvalue weighted by atomic mass is 10.4. The SMILES string of the molecule is CO.Cc1cn2nc(C)ccc2n1.Cc1cn2nc(Cl)ccc2n1.O=C=O. The van der Waals surface area contributed by atoms with Crippen molar-refractivity contribution in [1.82, 2.24) is 29.2 Å². The number of nitrogens with zero attached hydrogens (tertiary/aromatic N) is 6. The molecule has 0 saturated carbocycles. The van der Waals surface area contributed by atoms with Crippen molar-refractivity contribution in [2.24, 2.45) is 0 Å². The molecule has 4 aromatic rings. The number of carbonyl (C=O) groups excluding carboxylic acids is 2. The molecular weight excluding hydrogens is 372 g/mol. The topological polar surface area (TPSA) is 115 Å². The number of hydrogen-bond acceptors (Lipinski definition) is 7. The molecule has 0 fully saturated rings. The maximum atomic E-state index is 8.12. The molecule has 4 heterocycles. The minimum Gasteiger partial charge on any atom is -0.400 e. The van der Waals surface area contributed by atoms with Gasteiger partial charge < -0.3 is 5.11 Å². The van der Waals surface area contributed by atoms with Crippen molar-refractivity contribution in [3.63, 3.8) is 0 Å². The molecule has 27 heavy (non-hydrogen) atoms. The highest BCUT2D eigenvalue weighted by molar-refractivity contribution is 6.29. The Labute approximate surface area is 160 Å². The van der Waals surface area contributed by atoms with E-state index in [1.807, 2.05) is 51.4 Å². The van der Waals surface area contributed by atoms with Crippen molar-refractivity contribution >= 4 is 29.0 Å². The Morgan fingerprint density at radius 2 is 1.26 bits per heavy atom. The Kier molecular flexibility index (Phi) is 8.74. The Balaban J connectivity index is 0.000000219. The molecule has 0 aliphatic heterocycles. The zero-order chi connectivity index (χ0) is 20.4. The number of fused-ring (bicyclic) bond motifs is 2. The first kappa shape index (κ1) is 21.9. The van der Waals surface area contributed by atoms with Crippen LogP contribution in [0.5, 0.6) is 0 Å². The third-order valence-corrected chi connectivity index (χ3v) is 3.18. The lowest BCUT2D eigenvalue weighted by Gasteiger charge is -1.91. The number of halogens is 1. The predicted octanol–water partition coefficient (Wildman–Crippen LogP) is 2.06. The molecule has 0 atom stereocenters. The van der Waals surface area contributed by atoms with Crippen molar-refractivity contribution in [3.8, 4) is 0 Å². The van der Waals surface area contributed by atoms with Crippen molar-refractivity contribution in [1.29, 1.82) is 0 Å². The second-order valence-electron chi connectivity index (χ2n) is 5.08. The minimum atomic E-state index is 0.250. The number of imidazole rings is 2. The number of aliphatic hydroxyl groups excluding tert-OH is 1. The van der Waals surface area contributed by atoms with Crippen molar-refractivity contribution in [2.75, 3.05) is 7.11 Å². The van der Waals surface area contributed by atoms with Crippen LogP contribution < -0.4 is 0 Å². The van der Waals surface area contributed by atoms with Gasteiger partial charge in [0.25, 0.3) is 0 Å². The minimum absolute atomic E-state index is 0.250. The van der Waals surface area contributed by atoms with E-state index in [1.54, 1.807) is 15.1 Å². The lowest BCUT2D eigenvalue weighted by Crippen LogP contribution is -1.91. The molecule has 0 amide bonds. The molecule has 142 valence electrons. The quantitative estimate of drug-likeness (QED) is 0.488. The van der Waals surface area contributed by atoms with Gasteiger partial charge in [0.2, 0.25) is 0 Å². The zero-order valence-electron chi connectivity index (χ0n) is 15.3. The van der Waals surface area contributed by atoms with Crippen LogP contribution >= 0.6 is 11.6 Å². The number of hydrogen-bond donors (Lipinski definition) is 1. The predicted molar refractivity (Wildman–Crippen MR) is 98.3 cm³/mol. The number of aryl methyl sites for hydroxylation is 3. The van der Waals surface area contributed by atoms with E-state index in [0.29, 0.717) is 5.15 Å². The van der Waals surface area contributed by atoms with Crippen LogP contribution in [0.3, 0.4) is 0 Å². The summed E-state index contributed by atoms with van der Waals surface area (Å²) in [6, 6.07) is 7.49. The normalized spacial score (nSPS) is 9.26. The second-order valence-corrected chi connectivity index (χ2v) is 5.47. The molecule has 0 saturated heterocycles. The van der Waals surface area contributed by atoms with Crippen molar-refractivity contribution in [2.45, 2.75) is 20.8 Å². The molecule has 0 bridgehead atoms. The van der Waals surface area contributed by atoms with Gasteiger partial charge in [0.15, 0.2) is 11.3 Å². The van der Waals surface area contributed by atoms with E-state index in [0.717, 1.165) is 35.5 Å². The zero-order valence-corrected chi connectivity index (χ0v) is 16.0. The van der Waals surface area contributed by atoms with E-state index in [9.17, 15) is 0 Å². The second kappa shape index (κ2) is 10.8. The fraction of sp³-hybridized carbons (Fsp3) is 0.235. The van der Waals surface area contributed by atoms with Crippen LogP contribution in [0.1, 0.15) is 17.1 Å². The molecule has 0 unspecified atom stereocenters. The van der Waals surface area contributed by atoms with Gasteiger partial charge in [-0.05, 0) is 45.0 Å². The number of rotatable bonds is 0. The highest BCUT2D eigenvalue weighted by Gasteiger charge is 1.97. The molecule has 4 rings (SSSR count). The summed E-state index contributed by atoms with van der Waals surface area (Å²) in [5.41, 5.74) is 4.69. The van der Waals surface area contributed by atoms with Gasteiger partial charge in [-0.1, -0.05) is 11.6 Å². The van der Waals surface area contributed by atoms with Gasteiger partial charge in [0.05, 0.1) is 29.5 Å². The van der Waals surface area contributed by atoms with Crippen LogP contribution in [-0.2, 0) is 9.59 Å². The van der Waals surface area contributed by atoms with Crippen molar-refractivity contribution < 1.29 is 14.7 Å². The van der Waals surface area contributed by atoms with Crippen LogP contribution in [0, 0.1) is 20.8 Å². The molecular formula is C17H19ClN6O3. The number of aliphatic hydroxyl groups is 1. The molecule has 0 aliphatic carbocycles. The summed E-state index contributed by atoms with van der Waals surface area (Å²) >= 11 is 5.67. The average molecular weight is 391 g/mol. The van der Waals surface area contributed by atoms with E-state index >= 15 is 0 Å². The molecule has 9 nitrogen and oxygen atoms in total. The molecule has 0 aromatic carbocycles. The fourth-order valence-electron chi connectivity index (χ4n) is 2.07. The molecule has 1 N–H and O–H groups in total. The van der Waals surface area contributed by atoms with Gasteiger partial charge in [-0.2, -0.15) is 19.8 Å². The van der Waals surface area contributed by atoms with Gasteiger partial charge in [-0.25, -0.2) is 19.0 Å². The molecule has 0 aliphatic rings. The van der Waals surface area contributed by atoms with E-state index in [-0.39, 0.29) is 6.15 Å². The van der Waals surface area contributed by atoms with E-state index in [4.69, 9.17) is 26.3 Å². The van der Waals surface area contributed by atoms with Crippen LogP contribution in [-0.4, -0.2) is 47.6 Å². The number of aromatic nitrogens is 6. The van der Waals surface area contributed by atoms with Gasteiger partial charge in [-0.15, -0.1) is 0 Å². The van der Waals surface area contributed by atoms with Crippen LogP contribution in [0.2, 0.25) is 5.15 Å². The first-order valence-corrected chi connectivity index (χ1v) is 8.03. The van der Waals surface area contributed by atoms with Crippen molar-refractivity contribution in [3.05, 3.63) is 58.9 Å². The summed E-state index contributed by atoms with van der Waals surface area (Å²) in [6.45, 7) is 5.85. The molecule has 10 heteroatoms. The van der Waals surface area contributed by atoms with Gasteiger partial charge in [0, 0.05) is 7.11 Å². The Morgan fingerprint density at radius 3 is 1.78 bits per heavy atom. The smallest absolute Gasteiger partial charge is 0.373 e. The van der Waals surface area contributed by atoms with Gasteiger partial charge in [0.1, 0.15) is 5.15 Å². The summed E-state index contributed by atoms with van der Waals surface area (Å²) in [6.07, 6.45) is 4.00. The molecule has 0 spiro atoms. The standard InChI is InChI=1S/C8H9N3.C7H6ClN3.CO2.CH4O/c1-6-3-4-8-9-7(2)5-11(8)10-6;1-5-4-11-7(9-5)3-2-6(8)10-11;2-1-3;1-2/h3-5H,1-2H3;2-4H,1H3;;2H,1H3. The summed E-state index contributed by atoms with van der Waals surface area (Å²) < 4.78 is 3.46. The third kappa shape index (κ3) is 6.59. The van der Waals surface area contributed by atoms with Crippen LogP contribution in [0.15, 0.2) is 36.7 Å². The maximum absolute atomic E-state index is 8.12. The average Bonchev–Trinajstić information content (AvgIpc) is 3.17. The first-order chi connectivity index (χ1) is 12.9. The monoisotopic (exact) mass is 390 g/mol. The Bertz CT molecular complexity index is 960. The van der Waals surface area contributed by atoms with E-state index < -0.39 is 0 Å². The van der Waals surface area contributed by atoms with E-state index in [2.05, 4.69) is 20.2 Å². The fourth-order valence-corrected chi connectivity index (χ4v) is 2.22. The summed E-state index contributed by atoms with van der Waals surface area (Å²) in [5, 5.41) is 15.7. The van der Waals surface area contributed by atoms with E-state index in [1.165, 1.54) is 0 Å². The maximum Gasteiger partial charge on any atom is 0.373 e. The summed E-state index contributed by atoms with van der Waals surface area (Å²) in [4.78, 5) is 24.7. The molecule has 0 radical (unpaired) electrons. The van der Waals surface area contributed by atoms with Gasteiger partial charge in [-0.3, -0.25) is 0 Å². The summed E-state index contributed by atoms with van der Waals surface area (Å²) in [7, 11) is 1.00. The Morgan fingerprint density at radius 1 is 0.815 bits per heavy atom. The lowest BCUT2D eigenvalue weighted by molar-refractivity contribution is -0.191. The van der Waals surface area contributed by atoms with Gasteiger partial charge >= 0.3 is 6.15 Å². The summed E-state index contributed by atoms with van der Waals surface area (Å²) in [5.74, 6) is 0. The van der Waals surface area contributed by atoms with Crippen LogP contribution in [0.4, 0.5) is 0 Å². The Hall–Kier alpha value is -3.13. The first-order valence-electron chi connectivity index (χ1n) is 7.65. The highest BCUT2D eigenvalue weighted by Crippen LogP contribution is 2.06. The highest BCUT2D eigenvalue weighted by atomic mass is 35.5. The van der Waals surface area contributed by atoms with Crippen LogP contribution in [0.25, 0.3) is 11.3 Å².